The number of nitrogens with one attached hydrogen (secondary N) is 6. The lowest BCUT2D eigenvalue weighted by atomic mass is 10.0. The molecule has 11 N–H and O–H groups in total. The van der Waals surface area contributed by atoms with Crippen molar-refractivity contribution in [2.45, 2.75) is 90.4 Å². The second kappa shape index (κ2) is 24.5. The van der Waals surface area contributed by atoms with Crippen LogP contribution in [0, 0.1) is 5.92 Å². The van der Waals surface area contributed by atoms with Crippen molar-refractivity contribution in [2.75, 3.05) is 26.2 Å². The zero-order chi connectivity index (χ0) is 40.8. The van der Waals surface area contributed by atoms with Crippen LogP contribution in [0.15, 0.2) is 35.3 Å². The molecule has 19 heteroatoms. The molecule has 298 valence electrons. The number of carboxylic acids is 1. The van der Waals surface area contributed by atoms with E-state index in [1.807, 2.05) is 32.0 Å². The molecule has 0 spiro atoms. The van der Waals surface area contributed by atoms with E-state index in [1.54, 1.807) is 12.1 Å². The molecule has 0 bridgehead atoms. The average molecular weight is 760 g/mol. The largest absolute Gasteiger partial charge is 0.480 e. The molecule has 0 aliphatic carbocycles. The summed E-state index contributed by atoms with van der Waals surface area (Å²) >= 11 is 0. The number of carbonyl (C=O) groups is 9. The van der Waals surface area contributed by atoms with E-state index in [2.05, 4.69) is 36.9 Å². The van der Waals surface area contributed by atoms with Crippen LogP contribution < -0.4 is 43.4 Å². The molecular formula is C35H53N9O10. The lowest BCUT2D eigenvalue weighted by Gasteiger charge is -2.23. The van der Waals surface area contributed by atoms with Crippen LogP contribution in [-0.2, 0) is 49.6 Å². The van der Waals surface area contributed by atoms with E-state index in [-0.39, 0.29) is 62.0 Å². The Labute approximate surface area is 313 Å². The molecule has 0 aliphatic rings. The molecule has 1 aromatic carbocycles. The van der Waals surface area contributed by atoms with Gasteiger partial charge in [0.1, 0.15) is 29.7 Å². The first kappa shape index (κ1) is 46.3. The van der Waals surface area contributed by atoms with Crippen LogP contribution in [0.1, 0.15) is 65.4 Å². The number of carbonyl (C=O) groups excluding carboxylic acids is 8. The summed E-state index contributed by atoms with van der Waals surface area (Å²) in [5.74, 6) is -6.28. The van der Waals surface area contributed by atoms with Gasteiger partial charge in [0.25, 0.3) is 0 Å². The van der Waals surface area contributed by atoms with Gasteiger partial charge in [-0.2, -0.15) is 0 Å². The summed E-state index contributed by atoms with van der Waals surface area (Å²) in [7, 11) is 0. The highest BCUT2D eigenvalue weighted by Crippen LogP contribution is 2.10. The molecular weight excluding hydrogens is 706 g/mol. The first-order valence-electron chi connectivity index (χ1n) is 17.4. The average Bonchev–Trinajstić information content (AvgIpc) is 3.11. The number of benzene rings is 1. The number of aliphatic carboxylic acids is 1. The lowest BCUT2D eigenvalue weighted by Crippen LogP contribution is -2.53. The molecule has 1 aromatic rings. The fourth-order valence-electron chi connectivity index (χ4n) is 4.81. The van der Waals surface area contributed by atoms with Gasteiger partial charge in [0.15, 0.2) is 5.78 Å². The van der Waals surface area contributed by atoms with E-state index in [1.165, 1.54) is 13.8 Å². The molecule has 0 aliphatic heterocycles. The van der Waals surface area contributed by atoms with Crippen molar-refractivity contribution in [1.29, 1.82) is 0 Å². The van der Waals surface area contributed by atoms with Gasteiger partial charge in [0, 0.05) is 19.3 Å². The number of carboxylic acid groups (broad SMARTS) is 1. The summed E-state index contributed by atoms with van der Waals surface area (Å²) in [5, 5.41) is 23.8. The number of rotatable bonds is 25. The third-order valence-corrected chi connectivity index (χ3v) is 7.67. The van der Waals surface area contributed by atoms with Crippen molar-refractivity contribution in [3.8, 4) is 0 Å². The third-order valence-electron chi connectivity index (χ3n) is 7.67. The Morgan fingerprint density at radius 3 is 1.81 bits per heavy atom. The van der Waals surface area contributed by atoms with Gasteiger partial charge in [-0.1, -0.05) is 44.2 Å². The highest BCUT2D eigenvalue weighted by Gasteiger charge is 2.28. The molecule has 0 radical (unpaired) electrons. The summed E-state index contributed by atoms with van der Waals surface area (Å²) in [5.41, 5.74) is 12.2. The topological polar surface area (TPSA) is 310 Å². The standard InChI is InChI=1S/C35H53N9O10/c1-20(2)14-26(44-34(52)27(41-28(37)16-36)15-23-8-6-5-7-9-23)33(51)40-19-32(50)43-25(35(53)54)12-13-29(47)38-17-30(48)39-18-31(49)42-24(22(4)46)11-10-21(3)45/h5-9,20,24-27H,10-19,36H2,1-4H3,(H2,37,41)(H,38,47)(H,39,48)(H,40,51)(H,42,49)(H,43,50)(H,44,52)(H,53,54). The normalized spacial score (nSPS) is 13.3. The molecule has 6 amide bonds. The zero-order valence-corrected chi connectivity index (χ0v) is 31.1. The van der Waals surface area contributed by atoms with Crippen molar-refractivity contribution < 1.29 is 48.3 Å². The summed E-state index contributed by atoms with van der Waals surface area (Å²) in [6, 6.07) is 4.56. The van der Waals surface area contributed by atoms with Gasteiger partial charge < -0.3 is 53.3 Å². The Hall–Kier alpha value is -5.72. The second-order valence-electron chi connectivity index (χ2n) is 13.0. The molecule has 0 heterocycles. The van der Waals surface area contributed by atoms with E-state index >= 15 is 0 Å². The molecule has 4 atom stereocenters. The van der Waals surface area contributed by atoms with Crippen LogP contribution in [0.2, 0.25) is 0 Å². The fraction of sp³-hybridized carbons (Fsp3) is 0.543. The molecule has 1 rings (SSSR count). The van der Waals surface area contributed by atoms with Gasteiger partial charge in [-0.25, -0.2) is 4.79 Å². The van der Waals surface area contributed by atoms with Crippen LogP contribution in [0.3, 0.4) is 0 Å². The van der Waals surface area contributed by atoms with Crippen molar-refractivity contribution >= 4 is 58.8 Å². The first-order chi connectivity index (χ1) is 25.4. The highest BCUT2D eigenvalue weighted by atomic mass is 16.4. The van der Waals surface area contributed by atoms with Gasteiger partial charge in [-0.05, 0) is 44.6 Å². The predicted octanol–water partition coefficient (Wildman–Crippen LogP) is -2.41. The highest BCUT2D eigenvalue weighted by molar-refractivity contribution is 5.94. The summed E-state index contributed by atoms with van der Waals surface area (Å²) in [6.07, 6.45) is -0.179. The number of amides is 6. The minimum absolute atomic E-state index is 0.0465. The van der Waals surface area contributed by atoms with Gasteiger partial charge in [0.2, 0.25) is 35.4 Å². The smallest absolute Gasteiger partial charge is 0.326 e. The van der Waals surface area contributed by atoms with Gasteiger partial charge in [0.05, 0.1) is 32.2 Å². The number of hydrogen-bond acceptors (Lipinski definition) is 11. The van der Waals surface area contributed by atoms with E-state index in [0.29, 0.717) is 0 Å². The Morgan fingerprint density at radius 2 is 1.26 bits per heavy atom. The maximum atomic E-state index is 13.3. The zero-order valence-electron chi connectivity index (χ0n) is 31.1. The van der Waals surface area contributed by atoms with Crippen LogP contribution in [-0.4, -0.2) is 114 Å². The van der Waals surface area contributed by atoms with Crippen LogP contribution >= 0.6 is 0 Å². The number of aliphatic imine (C=N–C) groups is 1. The Morgan fingerprint density at radius 1 is 0.704 bits per heavy atom. The molecule has 0 aromatic heterocycles. The third kappa shape index (κ3) is 19.8. The number of hydrogen-bond donors (Lipinski definition) is 9. The monoisotopic (exact) mass is 759 g/mol. The molecule has 54 heavy (non-hydrogen) atoms. The number of amidine groups is 1. The van der Waals surface area contributed by atoms with Gasteiger partial charge >= 0.3 is 5.97 Å². The van der Waals surface area contributed by atoms with Crippen molar-refractivity contribution in [3.63, 3.8) is 0 Å². The molecule has 0 saturated carbocycles. The van der Waals surface area contributed by atoms with Gasteiger partial charge in [-0.15, -0.1) is 0 Å². The first-order valence-corrected chi connectivity index (χ1v) is 17.4. The van der Waals surface area contributed by atoms with Crippen LogP contribution in [0.5, 0.6) is 0 Å². The Bertz CT molecular complexity index is 1520. The number of nitrogens with two attached hydrogens (primary N) is 2. The Kier molecular flexibility index (Phi) is 21.0. The van der Waals surface area contributed by atoms with E-state index in [9.17, 15) is 48.3 Å². The van der Waals surface area contributed by atoms with Crippen molar-refractivity contribution in [2.24, 2.45) is 22.4 Å². The SMILES string of the molecule is CC(=O)CCC(NC(=O)CNC(=O)CNC(=O)CCC(NC(=O)CNC(=O)C(CC(C)C)NC(=O)C(Cc1ccccc1)N=C(N)CN)C(=O)O)C(C)=O. The minimum Gasteiger partial charge on any atom is -0.480 e. The maximum absolute atomic E-state index is 13.3. The molecule has 0 saturated heterocycles. The molecule has 4 unspecified atom stereocenters. The fourth-order valence-corrected chi connectivity index (χ4v) is 4.81. The van der Waals surface area contributed by atoms with Crippen LogP contribution in [0.4, 0.5) is 0 Å². The molecule has 19 nitrogen and oxygen atoms in total. The summed E-state index contributed by atoms with van der Waals surface area (Å²) in [6.45, 7) is 4.51. The van der Waals surface area contributed by atoms with E-state index < -0.39 is 91.6 Å². The summed E-state index contributed by atoms with van der Waals surface area (Å²) < 4.78 is 0. The van der Waals surface area contributed by atoms with Crippen molar-refractivity contribution in [3.05, 3.63) is 35.9 Å². The Balaban J connectivity index is 2.65. The quantitative estimate of drug-likeness (QED) is 0.0372. The second-order valence-corrected chi connectivity index (χ2v) is 13.0. The van der Waals surface area contributed by atoms with Crippen molar-refractivity contribution in [1.82, 2.24) is 31.9 Å². The van der Waals surface area contributed by atoms with Crippen LogP contribution in [0.25, 0.3) is 0 Å². The van der Waals surface area contributed by atoms with E-state index in [4.69, 9.17) is 11.5 Å². The lowest BCUT2D eigenvalue weighted by molar-refractivity contribution is -0.142. The van der Waals surface area contributed by atoms with Gasteiger partial charge in [-0.3, -0.25) is 38.6 Å². The number of nitrogens with zero attached hydrogens (tertiary/aromatic N) is 1. The number of Topliss-reactive ketones (excluding diaryl/α,β-unsaturated/α-hetero) is 2. The maximum Gasteiger partial charge on any atom is 0.326 e. The minimum atomic E-state index is -1.52. The number of ketones is 2. The summed E-state index contributed by atoms with van der Waals surface area (Å²) in [4.78, 5) is 114. The van der Waals surface area contributed by atoms with E-state index in [0.717, 1.165) is 5.56 Å². The molecule has 0 fully saturated rings. The predicted molar refractivity (Wildman–Crippen MR) is 196 cm³/mol.